The summed E-state index contributed by atoms with van der Waals surface area (Å²) in [5, 5.41) is 11.8. The van der Waals surface area contributed by atoms with Crippen LogP contribution in [0.4, 0.5) is 0 Å². The summed E-state index contributed by atoms with van der Waals surface area (Å²) in [4.78, 5) is 10.1. The first kappa shape index (κ1) is 6.28. The highest BCUT2D eigenvalue weighted by atomic mass is 79.9. The van der Waals surface area contributed by atoms with Gasteiger partial charge in [0.15, 0.2) is 5.69 Å². The monoisotopic (exact) mass is 190 g/mol. The minimum absolute atomic E-state index is 0.0341. The third-order valence-corrected chi connectivity index (χ3v) is 1.17. The molecule has 0 fully saturated rings. The number of halogens is 1. The molecule has 0 aromatic carbocycles. The van der Waals surface area contributed by atoms with Gasteiger partial charge in [-0.25, -0.2) is 8.50 Å². The Morgan fingerprint density at radius 3 is 2.78 bits per heavy atom. The molecule has 0 unspecified atom stereocenters. The maximum atomic E-state index is 10.1. The second-order valence-corrected chi connectivity index (χ2v) is 2.12. The van der Waals surface area contributed by atoms with Gasteiger partial charge in [-0.2, -0.15) is 5.10 Å². The Bertz CT molecular complexity index is 232. The number of hydrogen-bond donors (Lipinski definition) is 1. The van der Waals surface area contributed by atoms with E-state index in [1.807, 2.05) is 0 Å². The summed E-state index contributed by atoms with van der Waals surface area (Å²) in [6, 6.07) is 1.40. The van der Waals surface area contributed by atoms with Crippen LogP contribution in [0.5, 0.6) is 0 Å². The summed E-state index contributed by atoms with van der Waals surface area (Å²) in [6.07, 6.45) is 1.50. The molecule has 9 heavy (non-hydrogen) atoms. The van der Waals surface area contributed by atoms with Crippen molar-refractivity contribution >= 4 is 22.1 Å². The van der Waals surface area contributed by atoms with Crippen molar-refractivity contribution in [2.45, 2.75) is 0 Å². The molecule has 1 aromatic heterocycles. The van der Waals surface area contributed by atoms with Crippen LogP contribution in [0, 0.1) is 0 Å². The fourth-order valence-electron chi connectivity index (χ4n) is 0.416. The molecule has 0 aliphatic heterocycles. The Labute approximate surface area is 59.4 Å². The van der Waals surface area contributed by atoms with Gasteiger partial charge in [0.2, 0.25) is 0 Å². The van der Waals surface area contributed by atoms with E-state index in [1.54, 1.807) is 0 Å². The van der Waals surface area contributed by atoms with Crippen LogP contribution in [-0.2, 0) is 0 Å². The zero-order chi connectivity index (χ0) is 6.85. The second-order valence-electron chi connectivity index (χ2n) is 1.39. The average molecular weight is 191 g/mol. The highest BCUT2D eigenvalue weighted by molar-refractivity contribution is 9.08. The standard InChI is InChI=1S/C4H3BrN2O2/c5-7-2-1-3(6-7)4(8)9/h1-2H,(H,8,9). The Kier molecular flexibility index (Phi) is 1.52. The van der Waals surface area contributed by atoms with Crippen LogP contribution in [-0.4, -0.2) is 19.9 Å². The molecule has 0 atom stereocenters. The van der Waals surface area contributed by atoms with Crippen molar-refractivity contribution < 1.29 is 9.90 Å². The zero-order valence-electron chi connectivity index (χ0n) is 4.28. The van der Waals surface area contributed by atoms with Gasteiger partial charge in [-0.1, -0.05) is 0 Å². The van der Waals surface area contributed by atoms with Crippen molar-refractivity contribution in [1.82, 2.24) is 8.81 Å². The smallest absolute Gasteiger partial charge is 0.356 e. The number of carbonyl (C=O) groups is 1. The largest absolute Gasteiger partial charge is 0.476 e. The molecule has 1 rings (SSSR count). The van der Waals surface area contributed by atoms with Crippen LogP contribution in [0.15, 0.2) is 12.3 Å². The molecule has 0 radical (unpaired) electrons. The van der Waals surface area contributed by atoms with Crippen molar-refractivity contribution in [3.63, 3.8) is 0 Å². The molecule has 4 nitrogen and oxygen atoms in total. The van der Waals surface area contributed by atoms with E-state index in [2.05, 4.69) is 21.2 Å². The van der Waals surface area contributed by atoms with Gasteiger partial charge < -0.3 is 5.11 Å². The molecule has 0 saturated heterocycles. The van der Waals surface area contributed by atoms with Crippen molar-refractivity contribution in [3.05, 3.63) is 18.0 Å². The summed E-state index contributed by atoms with van der Waals surface area (Å²) in [5.41, 5.74) is 0.0341. The van der Waals surface area contributed by atoms with E-state index < -0.39 is 5.97 Å². The Morgan fingerprint density at radius 1 is 1.89 bits per heavy atom. The highest BCUT2D eigenvalue weighted by Crippen LogP contribution is 1.96. The van der Waals surface area contributed by atoms with E-state index in [0.717, 1.165) is 0 Å². The van der Waals surface area contributed by atoms with Crippen LogP contribution in [0.1, 0.15) is 10.5 Å². The lowest BCUT2D eigenvalue weighted by atomic mass is 10.5. The lowest BCUT2D eigenvalue weighted by Gasteiger charge is -1.80. The van der Waals surface area contributed by atoms with Gasteiger partial charge in [0.1, 0.15) is 0 Å². The molecule has 1 N–H and O–H groups in total. The normalized spacial score (nSPS) is 9.44. The van der Waals surface area contributed by atoms with Crippen LogP contribution in [0.3, 0.4) is 0 Å². The van der Waals surface area contributed by atoms with Crippen LogP contribution in [0.2, 0.25) is 0 Å². The second kappa shape index (κ2) is 2.18. The highest BCUT2D eigenvalue weighted by Gasteiger charge is 2.03. The predicted octanol–water partition coefficient (Wildman–Crippen LogP) is 0.739. The molecule has 48 valence electrons. The van der Waals surface area contributed by atoms with Gasteiger partial charge >= 0.3 is 5.97 Å². The molecule has 0 aliphatic carbocycles. The minimum Gasteiger partial charge on any atom is -0.476 e. The van der Waals surface area contributed by atoms with E-state index in [9.17, 15) is 4.79 Å². The third-order valence-electron chi connectivity index (χ3n) is 0.778. The molecule has 1 heterocycles. The van der Waals surface area contributed by atoms with E-state index in [1.165, 1.54) is 16.0 Å². The summed E-state index contributed by atoms with van der Waals surface area (Å²) in [7, 11) is 0. The maximum Gasteiger partial charge on any atom is 0.356 e. The first-order chi connectivity index (χ1) is 4.20. The topological polar surface area (TPSA) is 55.1 Å². The lowest BCUT2D eigenvalue weighted by Crippen LogP contribution is -1.96. The first-order valence-electron chi connectivity index (χ1n) is 2.15. The van der Waals surface area contributed by atoms with Crippen LogP contribution < -0.4 is 0 Å². The Morgan fingerprint density at radius 2 is 2.56 bits per heavy atom. The summed E-state index contributed by atoms with van der Waals surface area (Å²) >= 11 is 2.94. The van der Waals surface area contributed by atoms with Crippen molar-refractivity contribution in [3.8, 4) is 0 Å². The minimum atomic E-state index is -1.02. The number of carboxylic acid groups (broad SMARTS) is 1. The Balaban J connectivity index is 2.98. The van der Waals surface area contributed by atoms with E-state index >= 15 is 0 Å². The van der Waals surface area contributed by atoms with E-state index in [0.29, 0.717) is 0 Å². The number of aromatic nitrogens is 2. The van der Waals surface area contributed by atoms with Crippen molar-refractivity contribution in [2.75, 3.05) is 0 Å². The molecular formula is C4H3BrN2O2. The number of aromatic carboxylic acids is 1. The predicted molar refractivity (Wildman–Crippen MR) is 33.5 cm³/mol. The van der Waals surface area contributed by atoms with Gasteiger partial charge in [0, 0.05) is 6.20 Å². The summed E-state index contributed by atoms with van der Waals surface area (Å²) in [6.45, 7) is 0. The molecule has 0 aliphatic rings. The van der Waals surface area contributed by atoms with Gasteiger partial charge in [-0.05, 0) is 6.07 Å². The van der Waals surface area contributed by atoms with Crippen molar-refractivity contribution in [2.24, 2.45) is 0 Å². The van der Waals surface area contributed by atoms with Gasteiger partial charge in [-0.3, -0.25) is 0 Å². The molecule has 0 bridgehead atoms. The molecule has 0 amide bonds. The molecular weight excluding hydrogens is 188 g/mol. The van der Waals surface area contributed by atoms with Gasteiger partial charge in [0.25, 0.3) is 0 Å². The number of carboxylic acids is 1. The molecule has 0 saturated carbocycles. The Hall–Kier alpha value is -0.840. The van der Waals surface area contributed by atoms with E-state index in [4.69, 9.17) is 5.11 Å². The lowest BCUT2D eigenvalue weighted by molar-refractivity contribution is 0.0690. The molecule has 1 aromatic rings. The SMILES string of the molecule is O=C(O)c1ccn(Br)n1. The quantitative estimate of drug-likeness (QED) is 0.711. The van der Waals surface area contributed by atoms with E-state index in [-0.39, 0.29) is 5.69 Å². The van der Waals surface area contributed by atoms with Gasteiger partial charge in [-0.15, -0.1) is 0 Å². The third kappa shape index (κ3) is 1.29. The zero-order valence-corrected chi connectivity index (χ0v) is 5.87. The number of hydrogen-bond acceptors (Lipinski definition) is 2. The number of nitrogens with zero attached hydrogens (tertiary/aromatic N) is 2. The molecule has 5 heteroatoms. The summed E-state index contributed by atoms with van der Waals surface area (Å²) < 4.78 is 1.26. The average Bonchev–Trinajstić information content (AvgIpc) is 2.14. The fourth-order valence-corrected chi connectivity index (χ4v) is 0.705. The number of rotatable bonds is 1. The van der Waals surface area contributed by atoms with Crippen molar-refractivity contribution in [1.29, 1.82) is 0 Å². The maximum absolute atomic E-state index is 10.1. The summed E-state index contributed by atoms with van der Waals surface area (Å²) in [5.74, 6) is -1.02. The van der Waals surface area contributed by atoms with Crippen LogP contribution in [0.25, 0.3) is 0 Å². The van der Waals surface area contributed by atoms with Crippen LogP contribution >= 0.6 is 16.1 Å². The fraction of sp³-hybridized carbons (Fsp3) is 0. The van der Waals surface area contributed by atoms with Gasteiger partial charge in [0.05, 0.1) is 16.1 Å². The molecule has 0 spiro atoms. The first-order valence-corrected chi connectivity index (χ1v) is 2.86.